The van der Waals surface area contributed by atoms with Crippen molar-refractivity contribution in [3.63, 3.8) is 0 Å². The predicted molar refractivity (Wildman–Crippen MR) is 60.5 cm³/mol. The van der Waals surface area contributed by atoms with Crippen molar-refractivity contribution in [2.24, 2.45) is 0 Å². The van der Waals surface area contributed by atoms with Crippen LogP contribution in [0.25, 0.3) is 11.4 Å². The summed E-state index contributed by atoms with van der Waals surface area (Å²) in [6, 6.07) is 5.49. The molecule has 0 amide bonds. The average Bonchev–Trinajstić information content (AvgIpc) is 2.70. The Labute approximate surface area is 98.4 Å². The highest BCUT2D eigenvalue weighted by atomic mass is 16.5. The van der Waals surface area contributed by atoms with Crippen LogP contribution in [0.2, 0.25) is 0 Å². The number of carbonyl (C=O) groups excluding carboxylic acids is 1. The van der Waals surface area contributed by atoms with E-state index in [0.717, 1.165) is 5.69 Å². The Hall–Kier alpha value is -2.17. The van der Waals surface area contributed by atoms with Gasteiger partial charge in [0.15, 0.2) is 0 Å². The van der Waals surface area contributed by atoms with E-state index in [1.807, 2.05) is 19.1 Å². The molecule has 2 heterocycles. The SMILES string of the molecule is COC(=O)c1c(-c2cccc(C)n2)noc1C. The normalized spacial score (nSPS) is 10.3. The number of aryl methyl sites for hydroxylation is 2. The van der Waals surface area contributed by atoms with E-state index in [9.17, 15) is 4.79 Å². The highest BCUT2D eigenvalue weighted by Crippen LogP contribution is 2.24. The Morgan fingerprint density at radius 3 is 2.76 bits per heavy atom. The first-order chi connectivity index (χ1) is 8.13. The molecule has 5 heteroatoms. The van der Waals surface area contributed by atoms with Gasteiger partial charge in [0.2, 0.25) is 0 Å². The lowest BCUT2D eigenvalue weighted by Gasteiger charge is -2.00. The Balaban J connectivity index is 2.57. The lowest BCUT2D eigenvalue weighted by atomic mass is 10.1. The van der Waals surface area contributed by atoms with Crippen molar-refractivity contribution in [1.82, 2.24) is 10.1 Å². The Bertz CT molecular complexity index is 561. The molecule has 0 aliphatic heterocycles. The minimum Gasteiger partial charge on any atom is -0.465 e. The summed E-state index contributed by atoms with van der Waals surface area (Å²) in [5.74, 6) is -0.0442. The smallest absolute Gasteiger partial charge is 0.343 e. The van der Waals surface area contributed by atoms with Crippen LogP contribution in [-0.2, 0) is 4.74 Å². The van der Waals surface area contributed by atoms with Crippen molar-refractivity contribution in [2.75, 3.05) is 7.11 Å². The second kappa shape index (κ2) is 4.37. The molecule has 17 heavy (non-hydrogen) atoms. The molecule has 0 saturated carbocycles. The largest absolute Gasteiger partial charge is 0.465 e. The quantitative estimate of drug-likeness (QED) is 0.742. The van der Waals surface area contributed by atoms with Gasteiger partial charge in [-0.15, -0.1) is 0 Å². The first-order valence-corrected chi connectivity index (χ1v) is 5.12. The van der Waals surface area contributed by atoms with Crippen molar-refractivity contribution in [3.8, 4) is 11.4 Å². The molecule has 0 radical (unpaired) electrons. The number of pyridine rings is 1. The molecule has 0 saturated heterocycles. The summed E-state index contributed by atoms with van der Waals surface area (Å²) in [5, 5.41) is 3.86. The third kappa shape index (κ3) is 2.04. The highest BCUT2D eigenvalue weighted by molar-refractivity contribution is 5.96. The average molecular weight is 232 g/mol. The van der Waals surface area contributed by atoms with Crippen molar-refractivity contribution in [2.45, 2.75) is 13.8 Å². The van der Waals surface area contributed by atoms with Gasteiger partial charge in [0, 0.05) is 5.69 Å². The molecule has 88 valence electrons. The summed E-state index contributed by atoms with van der Waals surface area (Å²) in [4.78, 5) is 15.9. The van der Waals surface area contributed by atoms with Crippen LogP contribution >= 0.6 is 0 Å². The second-order valence-corrected chi connectivity index (χ2v) is 3.62. The van der Waals surface area contributed by atoms with Gasteiger partial charge in [0.1, 0.15) is 17.0 Å². The van der Waals surface area contributed by atoms with Crippen molar-refractivity contribution >= 4 is 5.97 Å². The molecule has 0 bridgehead atoms. The summed E-state index contributed by atoms with van der Waals surface area (Å²) in [5.41, 5.74) is 2.19. The lowest BCUT2D eigenvalue weighted by molar-refractivity contribution is 0.0599. The predicted octanol–water partition coefficient (Wildman–Crippen LogP) is 2.14. The number of carbonyl (C=O) groups is 1. The van der Waals surface area contributed by atoms with E-state index in [1.54, 1.807) is 13.0 Å². The van der Waals surface area contributed by atoms with Gasteiger partial charge in [-0.25, -0.2) is 4.79 Å². The van der Waals surface area contributed by atoms with Gasteiger partial charge < -0.3 is 9.26 Å². The standard InChI is InChI=1S/C12H12N2O3/c1-7-5-4-6-9(13-7)11-10(12(15)16-3)8(2)17-14-11/h4-6H,1-3H3. The van der Waals surface area contributed by atoms with Gasteiger partial charge in [0.05, 0.1) is 12.8 Å². The molecule has 0 N–H and O–H groups in total. The first kappa shape index (κ1) is 11.3. The maximum absolute atomic E-state index is 11.6. The number of ether oxygens (including phenoxy) is 1. The van der Waals surface area contributed by atoms with Crippen LogP contribution < -0.4 is 0 Å². The van der Waals surface area contributed by atoms with Gasteiger partial charge >= 0.3 is 5.97 Å². The number of nitrogens with zero attached hydrogens (tertiary/aromatic N) is 2. The van der Waals surface area contributed by atoms with Gasteiger partial charge in [-0.3, -0.25) is 4.98 Å². The number of methoxy groups -OCH3 is 1. The molecule has 5 nitrogen and oxygen atoms in total. The highest BCUT2D eigenvalue weighted by Gasteiger charge is 2.22. The van der Waals surface area contributed by atoms with Crippen LogP contribution in [0.4, 0.5) is 0 Å². The molecule has 2 aromatic rings. The van der Waals surface area contributed by atoms with E-state index in [2.05, 4.69) is 10.1 Å². The zero-order valence-electron chi connectivity index (χ0n) is 9.85. The third-order valence-electron chi connectivity index (χ3n) is 2.38. The summed E-state index contributed by atoms with van der Waals surface area (Å²) in [6.07, 6.45) is 0. The van der Waals surface area contributed by atoms with Crippen LogP contribution in [0, 0.1) is 13.8 Å². The zero-order valence-corrected chi connectivity index (χ0v) is 9.85. The van der Waals surface area contributed by atoms with Crippen LogP contribution in [0.15, 0.2) is 22.7 Å². The third-order valence-corrected chi connectivity index (χ3v) is 2.38. The summed E-state index contributed by atoms with van der Waals surface area (Å²) in [7, 11) is 1.32. The molecule has 0 aliphatic rings. The monoisotopic (exact) mass is 232 g/mol. The number of aromatic nitrogens is 2. The minimum atomic E-state index is -0.470. The van der Waals surface area contributed by atoms with Crippen LogP contribution in [-0.4, -0.2) is 23.2 Å². The lowest BCUT2D eigenvalue weighted by Crippen LogP contribution is -2.04. The molecule has 2 aromatic heterocycles. The molecule has 0 spiro atoms. The van der Waals surface area contributed by atoms with Crippen molar-refractivity contribution in [1.29, 1.82) is 0 Å². The number of hydrogen-bond donors (Lipinski definition) is 0. The fourth-order valence-corrected chi connectivity index (χ4v) is 1.56. The Morgan fingerprint density at radius 2 is 2.12 bits per heavy atom. The second-order valence-electron chi connectivity index (χ2n) is 3.62. The fourth-order valence-electron chi connectivity index (χ4n) is 1.56. The zero-order chi connectivity index (χ0) is 12.4. The first-order valence-electron chi connectivity index (χ1n) is 5.12. The van der Waals surface area contributed by atoms with Gasteiger partial charge in [0.25, 0.3) is 0 Å². The molecule has 2 rings (SSSR count). The van der Waals surface area contributed by atoms with E-state index in [0.29, 0.717) is 22.7 Å². The van der Waals surface area contributed by atoms with Gasteiger partial charge in [-0.1, -0.05) is 11.2 Å². The molecular formula is C12H12N2O3. The minimum absolute atomic E-state index is 0.325. The summed E-state index contributed by atoms with van der Waals surface area (Å²) < 4.78 is 9.72. The summed E-state index contributed by atoms with van der Waals surface area (Å²) >= 11 is 0. The van der Waals surface area contributed by atoms with E-state index in [4.69, 9.17) is 9.26 Å². The number of rotatable bonds is 2. The van der Waals surface area contributed by atoms with Crippen molar-refractivity contribution in [3.05, 3.63) is 35.2 Å². The molecule has 0 fully saturated rings. The molecule has 0 unspecified atom stereocenters. The van der Waals surface area contributed by atoms with Crippen LogP contribution in [0.1, 0.15) is 21.8 Å². The van der Waals surface area contributed by atoms with Crippen molar-refractivity contribution < 1.29 is 14.1 Å². The number of hydrogen-bond acceptors (Lipinski definition) is 5. The molecule has 0 aliphatic carbocycles. The fraction of sp³-hybridized carbons (Fsp3) is 0.250. The van der Waals surface area contributed by atoms with Crippen LogP contribution in [0.5, 0.6) is 0 Å². The molecule has 0 atom stereocenters. The van der Waals surface area contributed by atoms with E-state index in [-0.39, 0.29) is 0 Å². The molecule has 0 aromatic carbocycles. The topological polar surface area (TPSA) is 65.2 Å². The van der Waals surface area contributed by atoms with Gasteiger partial charge in [-0.05, 0) is 26.0 Å². The Kier molecular flexibility index (Phi) is 2.91. The summed E-state index contributed by atoms with van der Waals surface area (Å²) in [6.45, 7) is 3.53. The van der Waals surface area contributed by atoms with Crippen LogP contribution in [0.3, 0.4) is 0 Å². The van der Waals surface area contributed by atoms with E-state index in [1.165, 1.54) is 7.11 Å². The maximum atomic E-state index is 11.6. The maximum Gasteiger partial charge on any atom is 0.343 e. The molecular weight excluding hydrogens is 220 g/mol. The van der Waals surface area contributed by atoms with E-state index >= 15 is 0 Å². The number of esters is 1. The Morgan fingerprint density at radius 1 is 1.35 bits per heavy atom. The van der Waals surface area contributed by atoms with E-state index < -0.39 is 5.97 Å². The van der Waals surface area contributed by atoms with Gasteiger partial charge in [-0.2, -0.15) is 0 Å².